The highest BCUT2D eigenvalue weighted by Gasteiger charge is 2.15. The predicted molar refractivity (Wildman–Crippen MR) is 99.6 cm³/mol. The van der Waals surface area contributed by atoms with Crippen LogP contribution >= 0.6 is 11.6 Å². The van der Waals surface area contributed by atoms with Crippen LogP contribution in [0.2, 0.25) is 5.02 Å². The molecule has 4 rings (SSSR count). The van der Waals surface area contributed by atoms with Crippen molar-refractivity contribution in [1.82, 2.24) is 9.97 Å². The van der Waals surface area contributed by atoms with E-state index in [0.717, 1.165) is 0 Å². The molecule has 0 unspecified atom stereocenters. The van der Waals surface area contributed by atoms with Crippen LogP contribution in [-0.4, -0.2) is 9.97 Å². The topological polar surface area (TPSA) is 37.8 Å². The second kappa shape index (κ2) is 6.69. The maximum absolute atomic E-state index is 14.1. The third-order valence-electron chi connectivity index (χ3n) is 3.92. The number of rotatable bonds is 3. The lowest BCUT2D eigenvalue weighted by Crippen LogP contribution is -2.02. The standard InChI is InChI=1S/C20H12ClF2N3/c21-14-8-3-1-6-12(14)19-24-17-11-4-2-7-13(17)20(26-19)25-18-15(22)9-5-10-16(18)23/h1-11H,(H,24,25,26). The second-order valence-corrected chi connectivity index (χ2v) is 6.02. The number of aromatic nitrogens is 2. The first-order chi connectivity index (χ1) is 12.6. The molecule has 0 saturated heterocycles. The number of fused-ring (bicyclic) bond motifs is 1. The predicted octanol–water partition coefficient (Wildman–Crippen LogP) is 5.97. The van der Waals surface area contributed by atoms with E-state index in [1.54, 1.807) is 30.3 Å². The zero-order valence-corrected chi connectivity index (χ0v) is 14.1. The zero-order chi connectivity index (χ0) is 18.1. The molecule has 1 N–H and O–H groups in total. The highest BCUT2D eigenvalue weighted by molar-refractivity contribution is 6.33. The van der Waals surface area contributed by atoms with Crippen molar-refractivity contribution in [2.24, 2.45) is 0 Å². The molecule has 128 valence electrons. The first kappa shape index (κ1) is 16.4. The fraction of sp³-hybridized carbons (Fsp3) is 0. The molecule has 26 heavy (non-hydrogen) atoms. The summed E-state index contributed by atoms with van der Waals surface area (Å²) < 4.78 is 28.1. The largest absolute Gasteiger partial charge is 0.335 e. The molecular formula is C20H12ClF2N3. The lowest BCUT2D eigenvalue weighted by atomic mass is 10.1. The number of nitrogens with zero attached hydrogens (tertiary/aromatic N) is 2. The molecule has 0 amide bonds. The summed E-state index contributed by atoms with van der Waals surface area (Å²) in [6.07, 6.45) is 0. The van der Waals surface area contributed by atoms with Gasteiger partial charge in [-0.1, -0.05) is 41.9 Å². The quantitative estimate of drug-likeness (QED) is 0.484. The number of hydrogen-bond acceptors (Lipinski definition) is 3. The van der Waals surface area contributed by atoms with Gasteiger partial charge in [-0.05, 0) is 36.4 Å². The summed E-state index contributed by atoms with van der Waals surface area (Å²) in [6.45, 7) is 0. The van der Waals surface area contributed by atoms with Crippen molar-refractivity contribution < 1.29 is 8.78 Å². The van der Waals surface area contributed by atoms with Crippen LogP contribution in [0.4, 0.5) is 20.3 Å². The van der Waals surface area contributed by atoms with E-state index in [9.17, 15) is 8.78 Å². The molecule has 0 fully saturated rings. The monoisotopic (exact) mass is 367 g/mol. The minimum absolute atomic E-state index is 0.263. The van der Waals surface area contributed by atoms with Gasteiger partial charge in [-0.25, -0.2) is 18.7 Å². The van der Waals surface area contributed by atoms with Crippen molar-refractivity contribution in [2.75, 3.05) is 5.32 Å². The Balaban J connectivity index is 1.92. The Labute approximate surface area is 153 Å². The van der Waals surface area contributed by atoms with Gasteiger partial charge in [0.15, 0.2) is 5.82 Å². The Kier molecular flexibility index (Phi) is 4.22. The summed E-state index contributed by atoms with van der Waals surface area (Å²) in [6, 6.07) is 18.1. The van der Waals surface area contributed by atoms with Crippen LogP contribution in [0.1, 0.15) is 0 Å². The summed E-state index contributed by atoms with van der Waals surface area (Å²) >= 11 is 6.25. The van der Waals surface area contributed by atoms with Gasteiger partial charge in [-0.2, -0.15) is 0 Å². The van der Waals surface area contributed by atoms with Gasteiger partial charge in [0.25, 0.3) is 0 Å². The van der Waals surface area contributed by atoms with E-state index in [0.29, 0.717) is 33.1 Å². The van der Waals surface area contributed by atoms with Crippen LogP contribution in [0.15, 0.2) is 66.7 Å². The average Bonchev–Trinajstić information content (AvgIpc) is 2.65. The van der Waals surface area contributed by atoms with Crippen LogP contribution in [-0.2, 0) is 0 Å². The number of benzene rings is 3. The third kappa shape index (κ3) is 2.97. The van der Waals surface area contributed by atoms with E-state index in [2.05, 4.69) is 15.3 Å². The molecular weight excluding hydrogens is 356 g/mol. The lowest BCUT2D eigenvalue weighted by molar-refractivity contribution is 0.590. The van der Waals surface area contributed by atoms with E-state index in [-0.39, 0.29) is 5.69 Å². The maximum atomic E-state index is 14.1. The van der Waals surface area contributed by atoms with E-state index in [4.69, 9.17) is 11.6 Å². The highest BCUT2D eigenvalue weighted by atomic mass is 35.5. The second-order valence-electron chi connectivity index (χ2n) is 5.61. The zero-order valence-electron chi connectivity index (χ0n) is 13.4. The lowest BCUT2D eigenvalue weighted by Gasteiger charge is -2.12. The Hall–Kier alpha value is -3.05. The third-order valence-corrected chi connectivity index (χ3v) is 4.25. The van der Waals surface area contributed by atoms with Crippen molar-refractivity contribution in [3.8, 4) is 11.4 Å². The number of nitrogens with one attached hydrogen (secondary N) is 1. The van der Waals surface area contributed by atoms with Gasteiger partial charge in [-0.3, -0.25) is 0 Å². The van der Waals surface area contributed by atoms with Crippen LogP contribution in [0.3, 0.4) is 0 Å². The van der Waals surface area contributed by atoms with Gasteiger partial charge >= 0.3 is 0 Å². The van der Waals surface area contributed by atoms with Gasteiger partial charge in [0.2, 0.25) is 0 Å². The van der Waals surface area contributed by atoms with Crippen LogP contribution in [0.25, 0.3) is 22.3 Å². The molecule has 1 aromatic heterocycles. The van der Waals surface area contributed by atoms with Gasteiger partial charge in [-0.15, -0.1) is 0 Å². The van der Waals surface area contributed by atoms with Gasteiger partial charge in [0.1, 0.15) is 23.1 Å². The summed E-state index contributed by atoms with van der Waals surface area (Å²) in [4.78, 5) is 9.00. The normalized spacial score (nSPS) is 10.9. The maximum Gasteiger partial charge on any atom is 0.163 e. The van der Waals surface area contributed by atoms with Crippen LogP contribution < -0.4 is 5.32 Å². The molecule has 0 atom stereocenters. The molecule has 0 aliphatic heterocycles. The first-order valence-corrected chi connectivity index (χ1v) is 8.24. The van der Waals surface area contributed by atoms with E-state index >= 15 is 0 Å². The molecule has 0 spiro atoms. The number of anilines is 2. The molecule has 0 saturated carbocycles. The fourth-order valence-corrected chi connectivity index (χ4v) is 2.89. The van der Waals surface area contributed by atoms with Gasteiger partial charge in [0, 0.05) is 10.9 Å². The van der Waals surface area contributed by atoms with E-state index in [1.165, 1.54) is 18.2 Å². The van der Waals surface area contributed by atoms with Gasteiger partial charge in [0.05, 0.1) is 10.5 Å². The summed E-state index contributed by atoms with van der Waals surface area (Å²) in [5.41, 5.74) is 1.01. The Morgan fingerprint density at radius 1 is 0.769 bits per heavy atom. The summed E-state index contributed by atoms with van der Waals surface area (Å²) in [5, 5.41) is 3.90. The number of para-hydroxylation sites is 2. The Morgan fingerprint density at radius 3 is 2.23 bits per heavy atom. The van der Waals surface area contributed by atoms with E-state index in [1.807, 2.05) is 18.2 Å². The summed E-state index contributed by atoms with van der Waals surface area (Å²) in [7, 11) is 0. The molecule has 0 aliphatic rings. The Morgan fingerprint density at radius 2 is 1.46 bits per heavy atom. The molecule has 4 aromatic rings. The number of hydrogen-bond donors (Lipinski definition) is 1. The van der Waals surface area contributed by atoms with E-state index < -0.39 is 11.6 Å². The molecule has 0 aliphatic carbocycles. The molecule has 3 nitrogen and oxygen atoms in total. The first-order valence-electron chi connectivity index (χ1n) is 7.86. The van der Waals surface area contributed by atoms with Crippen molar-refractivity contribution in [3.05, 3.63) is 83.4 Å². The molecule has 3 aromatic carbocycles. The van der Waals surface area contributed by atoms with Crippen molar-refractivity contribution in [1.29, 1.82) is 0 Å². The minimum atomic E-state index is -0.702. The summed E-state index contributed by atoms with van der Waals surface area (Å²) in [5.74, 6) is -0.734. The van der Waals surface area contributed by atoms with Crippen LogP contribution in [0, 0.1) is 11.6 Å². The Bertz CT molecular complexity index is 1090. The number of halogens is 3. The fourth-order valence-electron chi connectivity index (χ4n) is 2.67. The van der Waals surface area contributed by atoms with Crippen molar-refractivity contribution in [3.63, 3.8) is 0 Å². The smallest absolute Gasteiger partial charge is 0.163 e. The SMILES string of the molecule is Fc1cccc(F)c1Nc1nc(-c2ccccc2Cl)nc2ccccc12. The van der Waals surface area contributed by atoms with Gasteiger partial charge < -0.3 is 5.32 Å². The van der Waals surface area contributed by atoms with Crippen molar-refractivity contribution in [2.45, 2.75) is 0 Å². The molecule has 1 heterocycles. The van der Waals surface area contributed by atoms with Crippen LogP contribution in [0.5, 0.6) is 0 Å². The highest BCUT2D eigenvalue weighted by Crippen LogP contribution is 2.31. The molecule has 0 bridgehead atoms. The molecule has 0 radical (unpaired) electrons. The molecule has 6 heteroatoms. The van der Waals surface area contributed by atoms with Crippen molar-refractivity contribution >= 4 is 34.0 Å². The minimum Gasteiger partial charge on any atom is -0.335 e. The average molecular weight is 368 g/mol.